The number of aromatic amines is 1. The minimum absolute atomic E-state index is 0.696. The van der Waals surface area contributed by atoms with Crippen molar-refractivity contribution in [1.82, 2.24) is 19.7 Å². The Bertz CT molecular complexity index is 740. The van der Waals surface area contributed by atoms with Crippen LogP contribution in [0, 0.1) is 13.8 Å². The van der Waals surface area contributed by atoms with Crippen molar-refractivity contribution in [3.63, 3.8) is 0 Å². The molecular formula is C12H12BrN5. The summed E-state index contributed by atoms with van der Waals surface area (Å²) >= 11 is 3.51. The highest BCUT2D eigenvalue weighted by atomic mass is 79.9. The van der Waals surface area contributed by atoms with Gasteiger partial charge in [0.1, 0.15) is 0 Å². The molecule has 0 aliphatic rings. The average Bonchev–Trinajstić information content (AvgIpc) is 2.85. The van der Waals surface area contributed by atoms with E-state index in [2.05, 4.69) is 31.0 Å². The van der Waals surface area contributed by atoms with Crippen molar-refractivity contribution in [2.24, 2.45) is 0 Å². The van der Waals surface area contributed by atoms with Gasteiger partial charge in [0, 0.05) is 5.69 Å². The lowest BCUT2D eigenvalue weighted by atomic mass is 10.3. The fraction of sp³-hybridized carbons (Fsp3) is 0.167. The summed E-state index contributed by atoms with van der Waals surface area (Å²) < 4.78 is 2.79. The van der Waals surface area contributed by atoms with Crippen LogP contribution in [0.15, 0.2) is 22.7 Å². The molecule has 18 heavy (non-hydrogen) atoms. The Morgan fingerprint density at radius 1 is 1.33 bits per heavy atom. The summed E-state index contributed by atoms with van der Waals surface area (Å²) in [5, 5.41) is 4.44. The average molecular weight is 306 g/mol. The molecule has 0 aliphatic carbocycles. The minimum Gasteiger partial charge on any atom is -0.399 e. The summed E-state index contributed by atoms with van der Waals surface area (Å²) in [5.74, 6) is 0.696. The smallest absolute Gasteiger partial charge is 0.229 e. The predicted octanol–water partition coefficient (Wildman–Crippen LogP) is 2.71. The highest BCUT2D eigenvalue weighted by Gasteiger charge is 2.13. The van der Waals surface area contributed by atoms with Crippen LogP contribution in [0.25, 0.3) is 17.0 Å². The van der Waals surface area contributed by atoms with Crippen molar-refractivity contribution in [1.29, 1.82) is 0 Å². The van der Waals surface area contributed by atoms with Gasteiger partial charge in [-0.1, -0.05) is 0 Å². The van der Waals surface area contributed by atoms with Crippen LogP contribution in [0.3, 0.4) is 0 Å². The van der Waals surface area contributed by atoms with Crippen molar-refractivity contribution in [2.75, 3.05) is 5.73 Å². The zero-order valence-electron chi connectivity index (χ0n) is 10.0. The number of aryl methyl sites for hydroxylation is 1. The minimum atomic E-state index is 0.696. The number of fused-ring (bicyclic) bond motifs is 1. The van der Waals surface area contributed by atoms with Crippen LogP contribution >= 0.6 is 15.9 Å². The van der Waals surface area contributed by atoms with Crippen LogP contribution < -0.4 is 5.73 Å². The number of aromatic nitrogens is 4. The maximum Gasteiger partial charge on any atom is 0.229 e. The Morgan fingerprint density at radius 2 is 2.11 bits per heavy atom. The molecule has 0 unspecified atom stereocenters. The second-order valence-electron chi connectivity index (χ2n) is 4.23. The van der Waals surface area contributed by atoms with Gasteiger partial charge in [0.15, 0.2) is 0 Å². The van der Waals surface area contributed by atoms with Gasteiger partial charge >= 0.3 is 0 Å². The van der Waals surface area contributed by atoms with E-state index in [-0.39, 0.29) is 0 Å². The molecule has 0 fully saturated rings. The van der Waals surface area contributed by atoms with Gasteiger partial charge in [-0.05, 0) is 48.0 Å². The normalized spacial score (nSPS) is 11.3. The van der Waals surface area contributed by atoms with Crippen LogP contribution in [0.2, 0.25) is 0 Å². The Labute approximate surface area is 112 Å². The summed E-state index contributed by atoms with van der Waals surface area (Å²) in [5.41, 5.74) is 10.2. The van der Waals surface area contributed by atoms with Crippen LogP contribution in [-0.4, -0.2) is 19.7 Å². The first-order valence-corrected chi connectivity index (χ1v) is 6.33. The van der Waals surface area contributed by atoms with Crippen molar-refractivity contribution in [2.45, 2.75) is 13.8 Å². The number of anilines is 1. The molecule has 0 spiro atoms. The standard InChI is InChI=1S/C12H12BrN5/c1-6-11(13)7(2)18(17-6)12-15-9-4-3-8(14)5-10(9)16-12/h3-5H,14H2,1-2H3,(H,15,16). The second kappa shape index (κ2) is 3.84. The van der Waals surface area contributed by atoms with Gasteiger partial charge in [0.2, 0.25) is 5.95 Å². The van der Waals surface area contributed by atoms with E-state index in [1.54, 1.807) is 4.68 Å². The third-order valence-electron chi connectivity index (χ3n) is 2.90. The summed E-state index contributed by atoms with van der Waals surface area (Å²) in [4.78, 5) is 7.73. The van der Waals surface area contributed by atoms with Gasteiger partial charge in [0.05, 0.1) is 26.9 Å². The number of nitrogens with zero attached hydrogens (tertiary/aromatic N) is 3. The van der Waals surface area contributed by atoms with Gasteiger partial charge in [-0.3, -0.25) is 0 Å². The molecule has 0 amide bonds. The number of rotatable bonds is 1. The molecule has 0 aliphatic heterocycles. The van der Waals surface area contributed by atoms with Gasteiger partial charge in [0.25, 0.3) is 0 Å². The molecule has 3 aromatic rings. The summed E-state index contributed by atoms with van der Waals surface area (Å²) in [6.07, 6.45) is 0. The molecule has 2 aromatic heterocycles. The number of hydrogen-bond acceptors (Lipinski definition) is 3. The molecule has 0 bridgehead atoms. The fourth-order valence-corrected chi connectivity index (χ4v) is 2.19. The SMILES string of the molecule is Cc1nn(-c2nc3ccc(N)cc3[nH]2)c(C)c1Br. The first kappa shape index (κ1) is 11.3. The molecule has 0 radical (unpaired) electrons. The Balaban J connectivity index is 2.22. The Kier molecular flexibility index (Phi) is 2.41. The number of H-pyrrole nitrogens is 1. The highest BCUT2D eigenvalue weighted by Crippen LogP contribution is 2.23. The molecule has 92 valence electrons. The maximum atomic E-state index is 5.75. The van der Waals surface area contributed by atoms with Crippen LogP contribution in [0.5, 0.6) is 0 Å². The molecule has 0 saturated heterocycles. The number of halogens is 1. The molecule has 1 aromatic carbocycles. The number of benzene rings is 1. The summed E-state index contributed by atoms with van der Waals surface area (Å²) in [6, 6.07) is 5.60. The van der Waals surface area contributed by atoms with Gasteiger partial charge in [-0.15, -0.1) is 0 Å². The van der Waals surface area contributed by atoms with E-state index in [1.165, 1.54) is 0 Å². The highest BCUT2D eigenvalue weighted by molar-refractivity contribution is 9.10. The maximum absolute atomic E-state index is 5.75. The lowest BCUT2D eigenvalue weighted by Gasteiger charge is -1.97. The van der Waals surface area contributed by atoms with Crippen molar-refractivity contribution < 1.29 is 0 Å². The molecule has 0 atom stereocenters. The molecular weight excluding hydrogens is 294 g/mol. The lowest BCUT2D eigenvalue weighted by Crippen LogP contribution is -2.01. The first-order chi connectivity index (χ1) is 8.56. The van der Waals surface area contributed by atoms with Crippen LogP contribution in [-0.2, 0) is 0 Å². The number of nitrogens with two attached hydrogens (primary N) is 1. The lowest BCUT2D eigenvalue weighted by molar-refractivity contribution is 0.790. The zero-order chi connectivity index (χ0) is 12.9. The number of nitrogen functional groups attached to an aromatic ring is 1. The summed E-state index contributed by atoms with van der Waals surface area (Å²) in [7, 11) is 0. The van der Waals surface area contributed by atoms with Gasteiger partial charge < -0.3 is 10.7 Å². The molecule has 2 heterocycles. The van der Waals surface area contributed by atoms with E-state index in [0.717, 1.165) is 26.9 Å². The van der Waals surface area contributed by atoms with E-state index < -0.39 is 0 Å². The van der Waals surface area contributed by atoms with E-state index >= 15 is 0 Å². The topological polar surface area (TPSA) is 72.5 Å². The monoisotopic (exact) mass is 305 g/mol. The molecule has 3 rings (SSSR count). The first-order valence-electron chi connectivity index (χ1n) is 5.53. The third kappa shape index (κ3) is 1.60. The number of nitrogens with one attached hydrogen (secondary N) is 1. The number of imidazole rings is 1. The Hall–Kier alpha value is -1.82. The quantitative estimate of drug-likeness (QED) is 0.679. The third-order valence-corrected chi connectivity index (χ3v) is 4.04. The predicted molar refractivity (Wildman–Crippen MR) is 74.8 cm³/mol. The van der Waals surface area contributed by atoms with Crippen molar-refractivity contribution >= 4 is 32.7 Å². The molecule has 6 heteroatoms. The van der Waals surface area contributed by atoms with Crippen molar-refractivity contribution in [3.8, 4) is 5.95 Å². The van der Waals surface area contributed by atoms with E-state index in [4.69, 9.17) is 5.73 Å². The zero-order valence-corrected chi connectivity index (χ0v) is 11.6. The fourth-order valence-electron chi connectivity index (χ4n) is 1.94. The van der Waals surface area contributed by atoms with Crippen molar-refractivity contribution in [3.05, 3.63) is 34.1 Å². The van der Waals surface area contributed by atoms with Gasteiger partial charge in [-0.25, -0.2) is 9.67 Å². The van der Waals surface area contributed by atoms with Crippen LogP contribution in [0.4, 0.5) is 5.69 Å². The van der Waals surface area contributed by atoms with Crippen LogP contribution in [0.1, 0.15) is 11.4 Å². The summed E-state index contributed by atoms with van der Waals surface area (Å²) in [6.45, 7) is 3.94. The largest absolute Gasteiger partial charge is 0.399 e. The molecule has 3 N–H and O–H groups in total. The Morgan fingerprint density at radius 3 is 2.78 bits per heavy atom. The second-order valence-corrected chi connectivity index (χ2v) is 5.03. The van der Waals surface area contributed by atoms with E-state index in [0.29, 0.717) is 11.6 Å². The van der Waals surface area contributed by atoms with E-state index in [9.17, 15) is 0 Å². The molecule has 5 nitrogen and oxygen atoms in total. The van der Waals surface area contributed by atoms with E-state index in [1.807, 2.05) is 32.0 Å². The van der Waals surface area contributed by atoms with Gasteiger partial charge in [-0.2, -0.15) is 5.10 Å². The number of hydrogen-bond donors (Lipinski definition) is 2. The molecule has 0 saturated carbocycles.